The number of urea groups is 1. The van der Waals surface area contributed by atoms with Crippen molar-refractivity contribution in [1.82, 2.24) is 25.5 Å². The minimum Gasteiger partial charge on any atom is -0.480 e. The molecule has 0 aliphatic carbocycles. The molecular formula is C21H27N5O4. The Hall–Kier alpha value is -3.33. The molecule has 0 aliphatic rings. The molecule has 0 radical (unpaired) electrons. The van der Waals surface area contributed by atoms with Gasteiger partial charge in [-0.3, -0.25) is 14.9 Å². The average Bonchev–Trinajstić information content (AvgIpc) is 2.75. The predicted octanol–water partition coefficient (Wildman–Crippen LogP) is 1.60. The Labute approximate surface area is 175 Å². The van der Waals surface area contributed by atoms with Crippen LogP contribution in [-0.4, -0.2) is 57.4 Å². The van der Waals surface area contributed by atoms with E-state index in [0.717, 1.165) is 24.4 Å². The Morgan fingerprint density at radius 3 is 2.17 bits per heavy atom. The number of aliphatic carboxylic acids is 1. The minimum absolute atomic E-state index is 0.159. The number of pyridine rings is 2. The highest BCUT2D eigenvalue weighted by Gasteiger charge is 2.19. The summed E-state index contributed by atoms with van der Waals surface area (Å²) in [6.45, 7) is 1.89. The van der Waals surface area contributed by atoms with Crippen LogP contribution in [0.1, 0.15) is 30.7 Å². The van der Waals surface area contributed by atoms with Gasteiger partial charge in [-0.2, -0.15) is 0 Å². The van der Waals surface area contributed by atoms with Gasteiger partial charge >= 0.3 is 12.0 Å². The number of amides is 2. The van der Waals surface area contributed by atoms with Crippen molar-refractivity contribution >= 4 is 18.3 Å². The van der Waals surface area contributed by atoms with Crippen LogP contribution >= 0.6 is 0 Å². The van der Waals surface area contributed by atoms with Gasteiger partial charge in [0.05, 0.1) is 17.9 Å². The number of carboxylic acids is 1. The third-order valence-electron chi connectivity index (χ3n) is 4.39. The molecule has 0 spiro atoms. The number of rotatable bonds is 13. The third-order valence-corrected chi connectivity index (χ3v) is 4.39. The fourth-order valence-corrected chi connectivity index (χ4v) is 2.94. The van der Waals surface area contributed by atoms with E-state index in [9.17, 15) is 19.5 Å². The monoisotopic (exact) mass is 413 g/mol. The van der Waals surface area contributed by atoms with Crippen molar-refractivity contribution < 1.29 is 19.5 Å². The van der Waals surface area contributed by atoms with Gasteiger partial charge in [0.25, 0.3) is 0 Å². The molecule has 2 rings (SSSR count). The quantitative estimate of drug-likeness (QED) is 0.336. The zero-order valence-electron chi connectivity index (χ0n) is 16.7. The second-order valence-electron chi connectivity index (χ2n) is 6.76. The van der Waals surface area contributed by atoms with Crippen LogP contribution in [0.15, 0.2) is 48.8 Å². The fraction of sp³-hybridized carbons (Fsp3) is 0.381. The highest BCUT2D eigenvalue weighted by atomic mass is 16.4. The van der Waals surface area contributed by atoms with Gasteiger partial charge in [-0.15, -0.1) is 0 Å². The van der Waals surface area contributed by atoms with E-state index in [0.29, 0.717) is 32.2 Å². The number of aldehydes is 1. The molecule has 160 valence electrons. The minimum atomic E-state index is -1.10. The lowest BCUT2D eigenvalue weighted by Gasteiger charge is -2.22. The maximum Gasteiger partial charge on any atom is 0.326 e. The van der Waals surface area contributed by atoms with Crippen LogP contribution in [0.3, 0.4) is 0 Å². The van der Waals surface area contributed by atoms with Gasteiger partial charge in [-0.25, -0.2) is 9.59 Å². The van der Waals surface area contributed by atoms with Crippen molar-refractivity contribution in [2.45, 2.75) is 38.4 Å². The molecule has 1 atom stereocenters. The highest BCUT2D eigenvalue weighted by molar-refractivity contribution is 5.83. The van der Waals surface area contributed by atoms with Crippen molar-refractivity contribution in [1.29, 1.82) is 0 Å². The van der Waals surface area contributed by atoms with Crippen LogP contribution in [0, 0.1) is 0 Å². The molecule has 2 aromatic heterocycles. The lowest BCUT2D eigenvalue weighted by atomic mass is 10.1. The molecule has 30 heavy (non-hydrogen) atoms. The average molecular weight is 413 g/mol. The van der Waals surface area contributed by atoms with E-state index in [-0.39, 0.29) is 6.54 Å². The van der Waals surface area contributed by atoms with Gasteiger partial charge in [-0.1, -0.05) is 12.1 Å². The van der Waals surface area contributed by atoms with Crippen molar-refractivity contribution in [2.24, 2.45) is 0 Å². The Kier molecular flexibility index (Phi) is 9.94. The number of unbranched alkanes of at least 4 members (excludes halogenated alkanes) is 1. The van der Waals surface area contributed by atoms with Crippen molar-refractivity contribution in [3.05, 3.63) is 60.2 Å². The fourth-order valence-electron chi connectivity index (χ4n) is 2.94. The molecule has 2 aromatic rings. The van der Waals surface area contributed by atoms with E-state index in [4.69, 9.17) is 0 Å². The van der Waals surface area contributed by atoms with Crippen molar-refractivity contribution in [3.8, 4) is 0 Å². The molecule has 0 aromatic carbocycles. The number of nitrogens with one attached hydrogen (secondary N) is 2. The molecule has 1 unspecified atom stereocenters. The van der Waals surface area contributed by atoms with Crippen LogP contribution in [0.4, 0.5) is 4.79 Å². The number of nitrogens with zero attached hydrogens (tertiary/aromatic N) is 3. The number of carbonyl (C=O) groups is 3. The summed E-state index contributed by atoms with van der Waals surface area (Å²) in [6, 6.07) is 9.90. The molecule has 3 N–H and O–H groups in total. The Balaban J connectivity index is 1.86. The van der Waals surface area contributed by atoms with Gasteiger partial charge in [0.15, 0.2) is 0 Å². The Bertz CT molecular complexity index is 747. The van der Waals surface area contributed by atoms with Gasteiger partial charge in [0.1, 0.15) is 12.3 Å². The van der Waals surface area contributed by atoms with E-state index >= 15 is 0 Å². The van der Waals surface area contributed by atoms with E-state index in [1.165, 1.54) is 0 Å². The van der Waals surface area contributed by atoms with Gasteiger partial charge in [0, 0.05) is 25.5 Å². The number of aromatic nitrogens is 2. The summed E-state index contributed by atoms with van der Waals surface area (Å²) in [6.07, 6.45) is 5.71. The van der Waals surface area contributed by atoms with Crippen LogP contribution in [-0.2, 0) is 22.7 Å². The standard InChI is InChI=1S/C21H27N5O4/c27-14-12-24-21(30)25-19(20(28)29)9-3-6-13-26(15-17-7-1-4-10-22-17)16-18-8-2-5-11-23-18/h1-2,4-5,7-8,10-11,14,19H,3,6,9,12-13,15-16H2,(H,28,29)(H2,24,25,30). The Morgan fingerprint density at radius 1 is 1.03 bits per heavy atom. The summed E-state index contributed by atoms with van der Waals surface area (Å²) in [4.78, 5) is 44.2. The summed E-state index contributed by atoms with van der Waals surface area (Å²) < 4.78 is 0. The second-order valence-corrected chi connectivity index (χ2v) is 6.76. The normalized spacial score (nSPS) is 11.6. The van der Waals surface area contributed by atoms with Gasteiger partial charge in [0.2, 0.25) is 0 Å². The molecule has 2 heterocycles. The molecule has 0 saturated heterocycles. The lowest BCUT2D eigenvalue weighted by Crippen LogP contribution is -2.46. The van der Waals surface area contributed by atoms with Crippen LogP contribution in [0.5, 0.6) is 0 Å². The van der Waals surface area contributed by atoms with Crippen LogP contribution in [0.2, 0.25) is 0 Å². The maximum atomic E-state index is 11.6. The van der Waals surface area contributed by atoms with Crippen molar-refractivity contribution in [2.75, 3.05) is 13.1 Å². The molecule has 2 amide bonds. The molecule has 0 fully saturated rings. The number of carboxylic acid groups (broad SMARTS) is 1. The molecule has 0 saturated carbocycles. The lowest BCUT2D eigenvalue weighted by molar-refractivity contribution is -0.139. The molecule has 0 aliphatic heterocycles. The van der Waals surface area contributed by atoms with Gasteiger partial charge in [-0.05, 0) is 50.1 Å². The van der Waals surface area contributed by atoms with E-state index in [1.807, 2.05) is 36.4 Å². The molecular weight excluding hydrogens is 386 g/mol. The van der Waals surface area contributed by atoms with Gasteiger partial charge < -0.3 is 20.5 Å². The second kappa shape index (κ2) is 13.0. The smallest absolute Gasteiger partial charge is 0.326 e. The van der Waals surface area contributed by atoms with E-state index < -0.39 is 18.0 Å². The molecule has 9 heteroatoms. The molecule has 9 nitrogen and oxygen atoms in total. The highest BCUT2D eigenvalue weighted by Crippen LogP contribution is 2.10. The zero-order valence-corrected chi connectivity index (χ0v) is 16.7. The first-order valence-electron chi connectivity index (χ1n) is 9.81. The SMILES string of the molecule is O=CCNC(=O)NC(CCCCN(Cc1ccccn1)Cc1ccccn1)C(=O)O. The number of hydrogen-bond acceptors (Lipinski definition) is 6. The summed E-state index contributed by atoms with van der Waals surface area (Å²) in [7, 11) is 0. The summed E-state index contributed by atoms with van der Waals surface area (Å²) >= 11 is 0. The van der Waals surface area contributed by atoms with E-state index in [1.54, 1.807) is 12.4 Å². The Morgan fingerprint density at radius 2 is 1.67 bits per heavy atom. The number of carbonyl (C=O) groups excluding carboxylic acids is 2. The summed E-state index contributed by atoms with van der Waals surface area (Å²) in [5.74, 6) is -1.10. The third kappa shape index (κ3) is 8.78. The van der Waals surface area contributed by atoms with E-state index in [2.05, 4.69) is 25.5 Å². The first kappa shape index (κ1) is 23.0. The van der Waals surface area contributed by atoms with Crippen LogP contribution < -0.4 is 10.6 Å². The first-order valence-corrected chi connectivity index (χ1v) is 9.81. The zero-order chi connectivity index (χ0) is 21.6. The van der Waals surface area contributed by atoms with Crippen LogP contribution in [0.25, 0.3) is 0 Å². The van der Waals surface area contributed by atoms with Crippen molar-refractivity contribution in [3.63, 3.8) is 0 Å². The molecule has 0 bridgehead atoms. The topological polar surface area (TPSA) is 125 Å². The number of hydrogen-bond donors (Lipinski definition) is 3. The largest absolute Gasteiger partial charge is 0.480 e. The predicted molar refractivity (Wildman–Crippen MR) is 110 cm³/mol. The first-order chi connectivity index (χ1) is 14.6. The maximum absolute atomic E-state index is 11.6. The summed E-state index contributed by atoms with van der Waals surface area (Å²) in [5, 5.41) is 14.0. The summed E-state index contributed by atoms with van der Waals surface area (Å²) in [5.41, 5.74) is 1.90.